The lowest BCUT2D eigenvalue weighted by Gasteiger charge is -2.18. The minimum absolute atomic E-state index is 0.0349. The zero-order chi connectivity index (χ0) is 21.3. The van der Waals surface area contributed by atoms with Crippen LogP contribution in [0, 0.1) is 12.8 Å². The highest BCUT2D eigenvalue weighted by molar-refractivity contribution is 9.10. The number of anilines is 2. The van der Waals surface area contributed by atoms with Gasteiger partial charge in [0.2, 0.25) is 11.8 Å². The van der Waals surface area contributed by atoms with E-state index in [1.165, 1.54) is 11.8 Å². The fraction of sp³-hybridized carbons (Fsp3) is 0.238. The zero-order valence-corrected chi connectivity index (χ0v) is 18.9. The first-order chi connectivity index (χ1) is 14.4. The van der Waals surface area contributed by atoms with Gasteiger partial charge in [-0.1, -0.05) is 15.9 Å². The van der Waals surface area contributed by atoms with Gasteiger partial charge in [-0.3, -0.25) is 9.59 Å². The van der Waals surface area contributed by atoms with Crippen molar-refractivity contribution >= 4 is 50.9 Å². The normalized spacial score (nSPS) is 16.2. The molecule has 2 aromatic carbocycles. The minimum atomic E-state index is -0.380. The summed E-state index contributed by atoms with van der Waals surface area (Å²) in [6.07, 6.45) is 1.86. The Labute approximate surface area is 187 Å². The first-order valence-electron chi connectivity index (χ1n) is 9.40. The van der Waals surface area contributed by atoms with E-state index in [4.69, 9.17) is 0 Å². The van der Waals surface area contributed by atoms with E-state index < -0.39 is 0 Å². The van der Waals surface area contributed by atoms with E-state index >= 15 is 0 Å². The van der Waals surface area contributed by atoms with Crippen molar-refractivity contribution < 1.29 is 9.59 Å². The second kappa shape index (κ2) is 8.61. The third kappa shape index (κ3) is 4.41. The summed E-state index contributed by atoms with van der Waals surface area (Å²) in [5.41, 5.74) is 2.57. The van der Waals surface area contributed by atoms with Gasteiger partial charge in [-0.15, -0.1) is 10.2 Å². The van der Waals surface area contributed by atoms with Crippen molar-refractivity contribution in [2.24, 2.45) is 13.0 Å². The lowest BCUT2D eigenvalue weighted by molar-refractivity contribution is -0.122. The van der Waals surface area contributed by atoms with E-state index in [1.807, 2.05) is 61.0 Å². The molecule has 1 aliphatic rings. The second-order valence-corrected chi connectivity index (χ2v) is 9.07. The van der Waals surface area contributed by atoms with Crippen molar-refractivity contribution in [2.75, 3.05) is 16.8 Å². The van der Waals surface area contributed by atoms with Crippen molar-refractivity contribution in [1.82, 2.24) is 14.8 Å². The molecule has 1 fully saturated rings. The standard InChI is InChI=1S/C21H20BrN5O2S/c1-13-9-16(5-8-18(13)22)27-11-14(10-19(27)28)20(29)24-15-3-6-17(7-4-15)30-21-25-23-12-26(21)2/h3-9,12,14H,10-11H2,1-2H3,(H,24,29). The largest absolute Gasteiger partial charge is 0.326 e. The molecule has 1 atom stereocenters. The number of nitrogens with zero attached hydrogens (tertiary/aromatic N) is 4. The summed E-state index contributed by atoms with van der Waals surface area (Å²) < 4.78 is 2.84. The first kappa shape index (κ1) is 20.6. The maximum atomic E-state index is 12.7. The summed E-state index contributed by atoms with van der Waals surface area (Å²) in [6, 6.07) is 13.3. The van der Waals surface area contributed by atoms with E-state index in [1.54, 1.807) is 11.2 Å². The molecular weight excluding hydrogens is 466 g/mol. The highest BCUT2D eigenvalue weighted by Crippen LogP contribution is 2.30. The molecule has 0 bridgehead atoms. The molecule has 0 spiro atoms. The number of benzene rings is 2. The summed E-state index contributed by atoms with van der Waals surface area (Å²) in [5.74, 6) is -0.560. The molecule has 4 rings (SSSR count). The molecule has 1 aromatic heterocycles. The smallest absolute Gasteiger partial charge is 0.229 e. The molecule has 3 aromatic rings. The SMILES string of the molecule is Cc1cc(N2CC(C(=O)Nc3ccc(Sc4nncn4C)cc3)CC2=O)ccc1Br. The van der Waals surface area contributed by atoms with E-state index in [0.717, 1.165) is 25.8 Å². The maximum absolute atomic E-state index is 12.7. The van der Waals surface area contributed by atoms with Crippen LogP contribution in [0.4, 0.5) is 11.4 Å². The number of carbonyl (C=O) groups is 2. The van der Waals surface area contributed by atoms with Crippen LogP contribution in [-0.2, 0) is 16.6 Å². The Kier molecular flexibility index (Phi) is 5.92. The Hall–Kier alpha value is -2.65. The molecule has 7 nitrogen and oxygen atoms in total. The molecule has 1 unspecified atom stereocenters. The van der Waals surface area contributed by atoms with Gasteiger partial charge in [0.1, 0.15) is 6.33 Å². The molecule has 30 heavy (non-hydrogen) atoms. The molecule has 1 saturated heterocycles. The van der Waals surface area contributed by atoms with Crippen molar-refractivity contribution in [3.63, 3.8) is 0 Å². The number of hydrogen-bond donors (Lipinski definition) is 1. The number of hydrogen-bond acceptors (Lipinski definition) is 5. The molecule has 2 heterocycles. The lowest BCUT2D eigenvalue weighted by atomic mass is 10.1. The number of nitrogens with one attached hydrogen (secondary N) is 1. The molecule has 0 saturated carbocycles. The van der Waals surface area contributed by atoms with Crippen LogP contribution in [0.25, 0.3) is 0 Å². The number of amides is 2. The van der Waals surface area contributed by atoms with E-state index in [9.17, 15) is 9.59 Å². The fourth-order valence-corrected chi connectivity index (χ4v) is 4.26. The fourth-order valence-electron chi connectivity index (χ4n) is 3.25. The molecular formula is C21H20BrN5O2S. The quantitative estimate of drug-likeness (QED) is 0.589. The van der Waals surface area contributed by atoms with E-state index in [-0.39, 0.29) is 24.2 Å². The average Bonchev–Trinajstić information content (AvgIpc) is 3.31. The predicted octanol–water partition coefficient (Wildman–Crippen LogP) is 4.03. The highest BCUT2D eigenvalue weighted by atomic mass is 79.9. The molecule has 0 radical (unpaired) electrons. The Bertz CT molecular complexity index is 1100. The van der Waals surface area contributed by atoms with Gasteiger partial charge in [-0.25, -0.2) is 0 Å². The number of aryl methyl sites for hydroxylation is 2. The van der Waals surface area contributed by atoms with E-state index in [2.05, 4.69) is 31.4 Å². The van der Waals surface area contributed by atoms with Gasteiger partial charge in [-0.05, 0) is 66.7 Å². The molecule has 1 N–H and O–H groups in total. The monoisotopic (exact) mass is 485 g/mol. The lowest BCUT2D eigenvalue weighted by Crippen LogP contribution is -2.28. The Morgan fingerprint density at radius 1 is 1.23 bits per heavy atom. The number of rotatable bonds is 5. The topological polar surface area (TPSA) is 80.1 Å². The Morgan fingerprint density at radius 2 is 2.00 bits per heavy atom. The summed E-state index contributed by atoms with van der Waals surface area (Å²) >= 11 is 4.97. The molecule has 2 amide bonds. The van der Waals surface area contributed by atoms with Crippen LogP contribution in [-0.4, -0.2) is 33.1 Å². The summed E-state index contributed by atoms with van der Waals surface area (Å²) in [5, 5.41) is 11.6. The summed E-state index contributed by atoms with van der Waals surface area (Å²) in [4.78, 5) is 27.9. The predicted molar refractivity (Wildman–Crippen MR) is 120 cm³/mol. The molecule has 154 valence electrons. The first-order valence-corrected chi connectivity index (χ1v) is 11.0. The van der Waals surface area contributed by atoms with Crippen molar-refractivity contribution in [1.29, 1.82) is 0 Å². The van der Waals surface area contributed by atoms with Gasteiger partial charge in [0, 0.05) is 40.8 Å². The van der Waals surface area contributed by atoms with Gasteiger partial charge >= 0.3 is 0 Å². The van der Waals surface area contributed by atoms with Gasteiger partial charge < -0.3 is 14.8 Å². The average molecular weight is 486 g/mol. The molecule has 9 heteroatoms. The van der Waals surface area contributed by atoms with Gasteiger partial charge in [0.15, 0.2) is 5.16 Å². The molecule has 1 aliphatic heterocycles. The van der Waals surface area contributed by atoms with Crippen LogP contribution >= 0.6 is 27.7 Å². The van der Waals surface area contributed by atoms with Crippen LogP contribution in [0.5, 0.6) is 0 Å². The maximum Gasteiger partial charge on any atom is 0.229 e. The second-order valence-electron chi connectivity index (χ2n) is 7.18. The van der Waals surface area contributed by atoms with Crippen LogP contribution in [0.3, 0.4) is 0 Å². The Morgan fingerprint density at radius 3 is 2.67 bits per heavy atom. The zero-order valence-electron chi connectivity index (χ0n) is 16.5. The van der Waals surface area contributed by atoms with Gasteiger partial charge in [0.05, 0.1) is 5.92 Å². The number of halogens is 1. The highest BCUT2D eigenvalue weighted by Gasteiger charge is 2.35. The third-order valence-corrected chi connectivity index (χ3v) is 6.90. The van der Waals surface area contributed by atoms with Gasteiger partial charge in [-0.2, -0.15) is 0 Å². The van der Waals surface area contributed by atoms with Crippen molar-refractivity contribution in [2.45, 2.75) is 23.4 Å². The van der Waals surface area contributed by atoms with Crippen LogP contribution in [0.1, 0.15) is 12.0 Å². The van der Waals surface area contributed by atoms with Crippen molar-refractivity contribution in [3.8, 4) is 0 Å². The summed E-state index contributed by atoms with van der Waals surface area (Å²) in [6.45, 7) is 2.36. The van der Waals surface area contributed by atoms with Gasteiger partial charge in [0.25, 0.3) is 0 Å². The van der Waals surface area contributed by atoms with Crippen LogP contribution < -0.4 is 10.2 Å². The minimum Gasteiger partial charge on any atom is -0.326 e. The molecule has 0 aliphatic carbocycles. The van der Waals surface area contributed by atoms with Crippen molar-refractivity contribution in [3.05, 3.63) is 58.8 Å². The van der Waals surface area contributed by atoms with E-state index in [0.29, 0.717) is 12.2 Å². The third-order valence-electron chi connectivity index (χ3n) is 4.95. The van der Waals surface area contributed by atoms with Crippen LogP contribution in [0.15, 0.2) is 63.3 Å². The number of carbonyl (C=O) groups excluding carboxylic acids is 2. The number of aromatic nitrogens is 3. The van der Waals surface area contributed by atoms with Crippen LogP contribution in [0.2, 0.25) is 0 Å². The summed E-state index contributed by atoms with van der Waals surface area (Å²) in [7, 11) is 1.89. The Balaban J connectivity index is 1.38.